The number of esters is 1. The van der Waals surface area contributed by atoms with Crippen LogP contribution >= 0.6 is 7.82 Å². The van der Waals surface area contributed by atoms with Gasteiger partial charge in [-0.15, -0.1) is 0 Å². The van der Waals surface area contributed by atoms with E-state index in [2.05, 4.69) is 86.8 Å². The van der Waals surface area contributed by atoms with Crippen molar-refractivity contribution in [1.29, 1.82) is 0 Å². The Morgan fingerprint density at radius 2 is 0.813 bits per heavy atom. The fourth-order valence-electron chi connectivity index (χ4n) is 8.74. The van der Waals surface area contributed by atoms with E-state index in [9.17, 15) is 19.0 Å². The van der Waals surface area contributed by atoms with Gasteiger partial charge in [0.25, 0.3) is 0 Å². The van der Waals surface area contributed by atoms with Crippen molar-refractivity contribution in [3.05, 3.63) is 72.9 Å². The molecule has 0 saturated heterocycles. The standard InChI is InChI=1S/C65H119N2O7P/c1-7-10-13-16-19-22-25-28-29-30-31-32-33-34-35-36-37-40-42-45-48-51-54-57-64(68)66-62(61-73-75(70,71)72-60-59-67(4,5)6)63(56-53-50-47-44-41-38-26-23-20-17-14-11-8-2)74-65(69)58-55-52-49-46-43-39-27-24-21-18-15-12-9-3/h19,22,28-29,31-32,34-35,39,43,53,56,62-63H,7-18,20-21,23-27,30,33,36-38,40-42,44-52,54-55,57-61H2,1-6H3,(H-,66,68,70,71)/p+1/b22-19-,29-28-,32-31-,35-34-,43-39-,56-53-. The smallest absolute Gasteiger partial charge is 0.456 e. The number of ether oxygens (including phenoxy) is 1. The Labute approximate surface area is 463 Å². The van der Waals surface area contributed by atoms with Crippen molar-refractivity contribution in [2.24, 2.45) is 0 Å². The van der Waals surface area contributed by atoms with Crippen molar-refractivity contribution in [3.63, 3.8) is 0 Å². The molecule has 0 rings (SSSR count). The lowest BCUT2D eigenvalue weighted by Gasteiger charge is -2.27. The van der Waals surface area contributed by atoms with Gasteiger partial charge in [-0.3, -0.25) is 18.6 Å². The minimum absolute atomic E-state index is 0.0336. The van der Waals surface area contributed by atoms with Gasteiger partial charge in [-0.05, 0) is 102 Å². The molecular formula is C65H120N2O7P+. The molecule has 0 radical (unpaired) electrons. The van der Waals surface area contributed by atoms with Crippen LogP contribution in [-0.4, -0.2) is 74.3 Å². The van der Waals surface area contributed by atoms with Crippen molar-refractivity contribution < 1.29 is 37.3 Å². The number of phosphoric acid groups is 1. The van der Waals surface area contributed by atoms with E-state index in [0.717, 1.165) is 96.3 Å². The Morgan fingerprint density at radius 3 is 1.27 bits per heavy atom. The van der Waals surface area contributed by atoms with E-state index >= 15 is 0 Å². The third kappa shape index (κ3) is 56.0. The average molecular weight is 1070 g/mol. The Morgan fingerprint density at radius 1 is 0.467 bits per heavy atom. The van der Waals surface area contributed by atoms with E-state index in [1.807, 2.05) is 33.3 Å². The molecule has 0 aliphatic rings. The van der Waals surface area contributed by atoms with E-state index in [4.69, 9.17) is 13.8 Å². The van der Waals surface area contributed by atoms with Gasteiger partial charge in [0.1, 0.15) is 19.3 Å². The first-order chi connectivity index (χ1) is 36.4. The average Bonchev–Trinajstić information content (AvgIpc) is 3.37. The first-order valence-electron chi connectivity index (χ1n) is 31.3. The van der Waals surface area contributed by atoms with E-state index < -0.39 is 20.0 Å². The van der Waals surface area contributed by atoms with Gasteiger partial charge in [0.05, 0.1) is 33.8 Å². The molecule has 0 aliphatic carbocycles. The van der Waals surface area contributed by atoms with Crippen LogP contribution in [0.4, 0.5) is 0 Å². The summed E-state index contributed by atoms with van der Waals surface area (Å²) in [6.45, 7) is 6.96. The Hall–Kier alpha value is -2.55. The summed E-state index contributed by atoms with van der Waals surface area (Å²) in [6, 6.07) is -0.862. The number of allylic oxidation sites excluding steroid dienone is 11. The summed E-state index contributed by atoms with van der Waals surface area (Å²) < 4.78 is 30.7. The Bertz CT molecular complexity index is 1510. The molecule has 0 aromatic heterocycles. The van der Waals surface area contributed by atoms with Crippen LogP contribution in [0.25, 0.3) is 0 Å². The summed E-state index contributed by atoms with van der Waals surface area (Å²) in [5, 5.41) is 3.05. The van der Waals surface area contributed by atoms with Crippen LogP contribution in [0.1, 0.15) is 278 Å². The Balaban J connectivity index is 5.26. The van der Waals surface area contributed by atoms with Crippen molar-refractivity contribution in [2.75, 3.05) is 40.9 Å². The predicted molar refractivity (Wildman–Crippen MR) is 323 cm³/mol. The number of carbonyl (C=O) groups excluding carboxylic acids is 2. The zero-order valence-electron chi connectivity index (χ0n) is 49.8. The molecule has 0 aliphatic heterocycles. The van der Waals surface area contributed by atoms with Crippen molar-refractivity contribution in [2.45, 2.75) is 290 Å². The van der Waals surface area contributed by atoms with E-state index in [1.165, 1.54) is 141 Å². The predicted octanol–water partition coefficient (Wildman–Crippen LogP) is 19.2. The molecule has 75 heavy (non-hydrogen) atoms. The van der Waals surface area contributed by atoms with Gasteiger partial charge < -0.3 is 19.4 Å². The SMILES string of the molecule is CCCCC/C=C\C/C=C\C/C=C\C/C=C\CCCCCCCCCC(=O)NC(COP(=O)(O)OCC[N+](C)(C)C)C(/C=C\CCCCCCCCCCCCC)OC(=O)CCCCC/C=C\CCCCCCCC. The van der Waals surface area contributed by atoms with Crippen molar-refractivity contribution in [1.82, 2.24) is 5.32 Å². The quantitative estimate of drug-likeness (QED) is 0.0205. The maximum atomic E-state index is 13.5. The highest BCUT2D eigenvalue weighted by Gasteiger charge is 2.30. The summed E-state index contributed by atoms with van der Waals surface area (Å²) in [7, 11) is 1.48. The highest BCUT2D eigenvalue weighted by molar-refractivity contribution is 7.47. The first-order valence-corrected chi connectivity index (χ1v) is 32.8. The van der Waals surface area contributed by atoms with Crippen LogP contribution in [0.2, 0.25) is 0 Å². The zero-order chi connectivity index (χ0) is 55.0. The second kappa shape index (κ2) is 54.8. The van der Waals surface area contributed by atoms with E-state index in [0.29, 0.717) is 23.9 Å². The zero-order valence-corrected chi connectivity index (χ0v) is 50.7. The van der Waals surface area contributed by atoms with Crippen LogP contribution in [-0.2, 0) is 27.9 Å². The molecular weight excluding hydrogens is 952 g/mol. The lowest BCUT2D eigenvalue weighted by atomic mass is 10.0. The number of nitrogens with zero attached hydrogens (tertiary/aromatic N) is 1. The lowest BCUT2D eigenvalue weighted by Crippen LogP contribution is -2.47. The maximum Gasteiger partial charge on any atom is 0.472 e. The summed E-state index contributed by atoms with van der Waals surface area (Å²) in [4.78, 5) is 37.7. The molecule has 0 aromatic carbocycles. The van der Waals surface area contributed by atoms with Crippen molar-refractivity contribution in [3.8, 4) is 0 Å². The van der Waals surface area contributed by atoms with Gasteiger partial charge >= 0.3 is 13.8 Å². The fourth-order valence-corrected chi connectivity index (χ4v) is 9.48. The highest BCUT2D eigenvalue weighted by atomic mass is 31.2. The maximum absolute atomic E-state index is 13.5. The number of phosphoric ester groups is 1. The van der Waals surface area contributed by atoms with Crippen LogP contribution in [0.15, 0.2) is 72.9 Å². The molecule has 2 N–H and O–H groups in total. The number of likely N-dealkylation sites (N-methyl/N-ethyl adjacent to an activating group) is 1. The van der Waals surface area contributed by atoms with Gasteiger partial charge in [-0.2, -0.15) is 0 Å². The lowest BCUT2D eigenvalue weighted by molar-refractivity contribution is -0.870. The number of nitrogens with one attached hydrogen (secondary N) is 1. The topological polar surface area (TPSA) is 111 Å². The van der Waals surface area contributed by atoms with E-state index in [1.54, 1.807) is 0 Å². The molecule has 3 atom stereocenters. The number of amides is 1. The third-order valence-corrected chi connectivity index (χ3v) is 14.6. The molecule has 0 saturated carbocycles. The molecule has 9 nitrogen and oxygen atoms in total. The molecule has 10 heteroatoms. The first kappa shape index (κ1) is 72.5. The van der Waals surface area contributed by atoms with Gasteiger partial charge in [0, 0.05) is 12.8 Å². The summed E-state index contributed by atoms with van der Waals surface area (Å²) >= 11 is 0. The highest BCUT2D eigenvalue weighted by Crippen LogP contribution is 2.43. The second-order valence-electron chi connectivity index (χ2n) is 22.2. The Kier molecular flexibility index (Phi) is 52.9. The molecule has 0 heterocycles. The fraction of sp³-hybridized carbons (Fsp3) is 0.785. The summed E-state index contributed by atoms with van der Waals surface area (Å²) in [5.41, 5.74) is 0. The molecule has 3 unspecified atom stereocenters. The second-order valence-corrected chi connectivity index (χ2v) is 23.7. The molecule has 0 spiro atoms. The monoisotopic (exact) mass is 1070 g/mol. The number of unbranched alkanes of at least 4 members (excludes halogenated alkanes) is 30. The number of rotatable bonds is 56. The molecule has 436 valence electrons. The molecule has 0 bridgehead atoms. The normalized spacial score (nSPS) is 14.2. The molecule has 0 fully saturated rings. The van der Waals surface area contributed by atoms with Crippen LogP contribution < -0.4 is 5.32 Å². The van der Waals surface area contributed by atoms with Gasteiger partial charge in [-0.25, -0.2) is 4.57 Å². The number of quaternary nitrogens is 1. The van der Waals surface area contributed by atoms with Crippen molar-refractivity contribution >= 4 is 19.7 Å². The van der Waals surface area contributed by atoms with Crippen LogP contribution in [0, 0.1) is 0 Å². The van der Waals surface area contributed by atoms with Crippen LogP contribution in [0.5, 0.6) is 0 Å². The number of carbonyl (C=O) groups is 2. The summed E-state index contributed by atoms with van der Waals surface area (Å²) in [6.07, 6.45) is 70.4. The third-order valence-electron chi connectivity index (χ3n) is 13.6. The van der Waals surface area contributed by atoms with E-state index in [-0.39, 0.29) is 31.5 Å². The number of hydrogen-bond acceptors (Lipinski definition) is 6. The van der Waals surface area contributed by atoms with Gasteiger partial charge in [-0.1, -0.05) is 235 Å². The van der Waals surface area contributed by atoms with Crippen LogP contribution in [0.3, 0.4) is 0 Å². The largest absolute Gasteiger partial charge is 0.472 e. The number of hydrogen-bond donors (Lipinski definition) is 2. The minimum Gasteiger partial charge on any atom is -0.456 e. The minimum atomic E-state index is -4.46. The molecule has 0 aromatic rings. The summed E-state index contributed by atoms with van der Waals surface area (Å²) in [5.74, 6) is -0.534. The molecule has 1 amide bonds. The van der Waals surface area contributed by atoms with Gasteiger partial charge in [0.2, 0.25) is 5.91 Å². The van der Waals surface area contributed by atoms with Gasteiger partial charge in [0.15, 0.2) is 0 Å².